The molecule has 0 saturated carbocycles. The maximum atomic E-state index is 12.4. The van der Waals surface area contributed by atoms with E-state index in [-0.39, 0.29) is 36.9 Å². The summed E-state index contributed by atoms with van der Waals surface area (Å²) >= 11 is 1.29. The number of nitrogens with one attached hydrogen (secondary N) is 2. The van der Waals surface area contributed by atoms with Gasteiger partial charge in [0.1, 0.15) is 0 Å². The third kappa shape index (κ3) is 5.02. The third-order valence-electron chi connectivity index (χ3n) is 4.98. The van der Waals surface area contributed by atoms with E-state index in [2.05, 4.69) is 20.8 Å². The molecule has 166 valence electrons. The van der Waals surface area contributed by atoms with Crippen molar-refractivity contribution >= 4 is 23.6 Å². The molecule has 2 amide bonds. The summed E-state index contributed by atoms with van der Waals surface area (Å²) in [6.45, 7) is 2.30. The molecular weight excluding hydrogens is 430 g/mol. The van der Waals surface area contributed by atoms with Crippen LogP contribution in [0.25, 0.3) is 0 Å². The van der Waals surface area contributed by atoms with Crippen LogP contribution < -0.4 is 20.1 Å². The van der Waals surface area contributed by atoms with E-state index in [1.807, 2.05) is 37.3 Å². The Morgan fingerprint density at radius 3 is 2.72 bits per heavy atom. The molecule has 0 unspecified atom stereocenters. The number of rotatable bonds is 8. The van der Waals surface area contributed by atoms with Crippen LogP contribution in [-0.2, 0) is 18.4 Å². The summed E-state index contributed by atoms with van der Waals surface area (Å²) in [5.41, 5.74) is 1.51. The number of nitrogens with zero attached hydrogens (tertiary/aromatic N) is 3. The second-order valence-corrected chi connectivity index (χ2v) is 8.14. The van der Waals surface area contributed by atoms with Crippen molar-refractivity contribution in [1.29, 1.82) is 0 Å². The number of carbonyl (C=O) groups is 2. The second kappa shape index (κ2) is 9.73. The number of amides is 2. The minimum Gasteiger partial charge on any atom is -0.454 e. The molecule has 32 heavy (non-hydrogen) atoms. The fourth-order valence-electron chi connectivity index (χ4n) is 3.16. The predicted octanol–water partition coefficient (Wildman–Crippen LogP) is 2.44. The minimum atomic E-state index is -0.255. The highest BCUT2D eigenvalue weighted by molar-refractivity contribution is 7.99. The van der Waals surface area contributed by atoms with Gasteiger partial charge in [0.2, 0.25) is 12.7 Å². The van der Waals surface area contributed by atoms with Crippen LogP contribution >= 0.6 is 11.8 Å². The molecule has 2 heterocycles. The van der Waals surface area contributed by atoms with Gasteiger partial charge < -0.3 is 24.7 Å². The first-order chi connectivity index (χ1) is 15.5. The van der Waals surface area contributed by atoms with E-state index in [9.17, 15) is 9.59 Å². The van der Waals surface area contributed by atoms with Crippen LogP contribution in [0.3, 0.4) is 0 Å². The molecule has 10 heteroatoms. The quantitative estimate of drug-likeness (QED) is 0.505. The number of hydrogen-bond acceptors (Lipinski definition) is 7. The van der Waals surface area contributed by atoms with Crippen LogP contribution in [0, 0.1) is 0 Å². The summed E-state index contributed by atoms with van der Waals surface area (Å²) in [7, 11) is 1.80. The number of benzene rings is 2. The van der Waals surface area contributed by atoms with E-state index in [4.69, 9.17) is 9.47 Å². The summed E-state index contributed by atoms with van der Waals surface area (Å²) in [5.74, 6) is 1.63. The molecule has 0 bridgehead atoms. The van der Waals surface area contributed by atoms with Gasteiger partial charge in [0.05, 0.1) is 18.3 Å². The molecule has 3 aromatic rings. The Labute approximate surface area is 189 Å². The Bertz CT molecular complexity index is 1120. The molecule has 2 N–H and O–H groups in total. The van der Waals surface area contributed by atoms with E-state index >= 15 is 0 Å². The number of aromatic nitrogens is 3. The van der Waals surface area contributed by atoms with Gasteiger partial charge in [-0.3, -0.25) is 9.59 Å². The van der Waals surface area contributed by atoms with E-state index in [1.54, 1.807) is 29.8 Å². The molecule has 1 aliphatic rings. The highest BCUT2D eigenvalue weighted by Gasteiger charge is 2.17. The predicted molar refractivity (Wildman–Crippen MR) is 118 cm³/mol. The molecule has 0 aliphatic carbocycles. The SMILES string of the molecule is C[C@@H](NC(=O)CSc1nnc(CNC(=O)c2ccc3c(c2)OCO3)n1C)c1ccccc1. The van der Waals surface area contributed by atoms with Crippen molar-refractivity contribution in [1.82, 2.24) is 25.4 Å². The maximum Gasteiger partial charge on any atom is 0.251 e. The van der Waals surface area contributed by atoms with Crippen molar-refractivity contribution in [3.8, 4) is 11.5 Å². The minimum absolute atomic E-state index is 0.0780. The third-order valence-corrected chi connectivity index (χ3v) is 6.00. The van der Waals surface area contributed by atoms with E-state index in [0.717, 1.165) is 5.56 Å². The Balaban J connectivity index is 1.27. The van der Waals surface area contributed by atoms with Gasteiger partial charge in [0.25, 0.3) is 5.91 Å². The zero-order valence-corrected chi connectivity index (χ0v) is 18.5. The van der Waals surface area contributed by atoms with Crippen molar-refractivity contribution in [3.05, 3.63) is 65.5 Å². The summed E-state index contributed by atoms with van der Waals surface area (Å²) in [4.78, 5) is 24.8. The molecular formula is C22H23N5O4S. The first kappa shape index (κ1) is 21.7. The zero-order chi connectivity index (χ0) is 22.5. The first-order valence-corrected chi connectivity index (χ1v) is 11.0. The Hall–Kier alpha value is -3.53. The Morgan fingerprint density at radius 1 is 1.12 bits per heavy atom. The molecule has 0 saturated heterocycles. The molecule has 4 rings (SSSR count). The van der Waals surface area contributed by atoms with E-state index in [1.165, 1.54) is 11.8 Å². The highest BCUT2D eigenvalue weighted by Crippen LogP contribution is 2.32. The summed E-state index contributed by atoms with van der Waals surface area (Å²) in [5, 5.41) is 14.7. The maximum absolute atomic E-state index is 12.4. The fraction of sp³-hybridized carbons (Fsp3) is 0.273. The van der Waals surface area contributed by atoms with Crippen molar-refractivity contribution in [2.75, 3.05) is 12.5 Å². The van der Waals surface area contributed by atoms with Gasteiger partial charge in [-0.2, -0.15) is 0 Å². The lowest BCUT2D eigenvalue weighted by molar-refractivity contribution is -0.119. The summed E-state index contributed by atoms with van der Waals surface area (Å²) in [6, 6.07) is 14.7. The normalized spacial score (nSPS) is 12.9. The van der Waals surface area contributed by atoms with Gasteiger partial charge in [-0.1, -0.05) is 42.1 Å². The average molecular weight is 454 g/mol. The van der Waals surface area contributed by atoms with Crippen LogP contribution in [0.4, 0.5) is 0 Å². The average Bonchev–Trinajstić information content (AvgIpc) is 3.42. The van der Waals surface area contributed by atoms with Gasteiger partial charge >= 0.3 is 0 Å². The number of hydrogen-bond donors (Lipinski definition) is 2. The largest absolute Gasteiger partial charge is 0.454 e. The second-order valence-electron chi connectivity index (χ2n) is 7.20. The lowest BCUT2D eigenvalue weighted by Crippen LogP contribution is -2.28. The van der Waals surface area contributed by atoms with Gasteiger partial charge in [0, 0.05) is 12.6 Å². The Kier molecular flexibility index (Phi) is 6.60. The number of fused-ring (bicyclic) bond motifs is 1. The van der Waals surface area contributed by atoms with Crippen LogP contribution in [0.15, 0.2) is 53.7 Å². The lowest BCUT2D eigenvalue weighted by Gasteiger charge is -2.14. The molecule has 9 nitrogen and oxygen atoms in total. The van der Waals surface area contributed by atoms with Crippen molar-refractivity contribution < 1.29 is 19.1 Å². The molecule has 1 aliphatic heterocycles. The van der Waals surface area contributed by atoms with Gasteiger partial charge in [0.15, 0.2) is 22.5 Å². The summed E-state index contributed by atoms with van der Waals surface area (Å²) in [6.07, 6.45) is 0. The van der Waals surface area contributed by atoms with Gasteiger partial charge in [-0.25, -0.2) is 0 Å². The molecule has 1 atom stereocenters. The topological polar surface area (TPSA) is 107 Å². The van der Waals surface area contributed by atoms with Crippen LogP contribution in [0.2, 0.25) is 0 Å². The van der Waals surface area contributed by atoms with Gasteiger partial charge in [-0.05, 0) is 30.7 Å². The fourth-order valence-corrected chi connectivity index (χ4v) is 3.90. The van der Waals surface area contributed by atoms with Crippen LogP contribution in [-0.4, -0.2) is 39.1 Å². The zero-order valence-electron chi connectivity index (χ0n) is 17.7. The van der Waals surface area contributed by atoms with Crippen molar-refractivity contribution in [2.45, 2.75) is 24.7 Å². The first-order valence-electron chi connectivity index (χ1n) is 10.0. The lowest BCUT2D eigenvalue weighted by atomic mass is 10.1. The highest BCUT2D eigenvalue weighted by atomic mass is 32.2. The summed E-state index contributed by atoms with van der Waals surface area (Å²) < 4.78 is 12.3. The standard InChI is InChI=1S/C22H23N5O4S/c1-14(15-6-4-3-5-7-15)24-20(28)12-32-22-26-25-19(27(22)2)11-23-21(29)16-8-9-17-18(10-16)31-13-30-17/h3-10,14H,11-13H2,1-2H3,(H,23,29)(H,24,28)/t14-/m1/s1. The van der Waals surface area contributed by atoms with Crippen molar-refractivity contribution in [3.63, 3.8) is 0 Å². The Morgan fingerprint density at radius 2 is 1.91 bits per heavy atom. The number of carbonyl (C=O) groups excluding carboxylic acids is 2. The number of thioether (sulfide) groups is 1. The molecule has 0 spiro atoms. The monoisotopic (exact) mass is 453 g/mol. The molecule has 2 aromatic carbocycles. The van der Waals surface area contributed by atoms with E-state index < -0.39 is 0 Å². The molecule has 0 radical (unpaired) electrons. The van der Waals surface area contributed by atoms with E-state index in [0.29, 0.717) is 28.0 Å². The van der Waals surface area contributed by atoms with Crippen LogP contribution in [0.1, 0.15) is 34.7 Å². The number of ether oxygens (including phenoxy) is 2. The molecule has 0 fully saturated rings. The van der Waals surface area contributed by atoms with Crippen molar-refractivity contribution in [2.24, 2.45) is 7.05 Å². The molecule has 1 aromatic heterocycles. The smallest absolute Gasteiger partial charge is 0.251 e. The van der Waals surface area contributed by atoms with Gasteiger partial charge in [-0.15, -0.1) is 10.2 Å². The van der Waals surface area contributed by atoms with Crippen LogP contribution in [0.5, 0.6) is 11.5 Å².